The monoisotopic (exact) mass is 422 g/mol. The van der Waals surface area contributed by atoms with Gasteiger partial charge in [-0.2, -0.15) is 9.41 Å². The average Bonchev–Trinajstić information content (AvgIpc) is 2.68. The molecule has 0 saturated carbocycles. The molecule has 0 aromatic heterocycles. The van der Waals surface area contributed by atoms with Crippen molar-refractivity contribution in [3.8, 4) is 11.5 Å². The molecule has 0 heterocycles. The maximum Gasteiger partial charge on any atom is 0.270 e. The van der Waals surface area contributed by atoms with Gasteiger partial charge in [0.05, 0.1) is 23.9 Å². The van der Waals surface area contributed by atoms with Gasteiger partial charge in [0.15, 0.2) is 11.5 Å². The van der Waals surface area contributed by atoms with Gasteiger partial charge in [0.25, 0.3) is 5.69 Å². The Labute approximate surface area is 168 Å². The van der Waals surface area contributed by atoms with Crippen molar-refractivity contribution < 1.29 is 23.2 Å². The summed E-state index contributed by atoms with van der Waals surface area (Å²) in [6.45, 7) is 3.80. The maximum atomic E-state index is 12.9. The molecule has 2 aromatic carbocycles. The summed E-state index contributed by atoms with van der Waals surface area (Å²) in [4.78, 5) is 10.2. The lowest BCUT2D eigenvalue weighted by Gasteiger charge is -2.20. The fraction of sp³-hybridized carbons (Fsp3) is 0.278. The van der Waals surface area contributed by atoms with Gasteiger partial charge in [0.1, 0.15) is 4.90 Å². The highest BCUT2D eigenvalue weighted by Gasteiger charge is 2.27. The third kappa shape index (κ3) is 5.00. The van der Waals surface area contributed by atoms with Gasteiger partial charge >= 0.3 is 0 Å². The second-order valence-corrected chi connectivity index (χ2v) is 7.73. The molecule has 0 amide bonds. The van der Waals surface area contributed by atoms with Crippen LogP contribution in [0.25, 0.3) is 0 Å². The van der Waals surface area contributed by atoms with Crippen LogP contribution >= 0.6 is 0 Å². The molecule has 0 aliphatic carbocycles. The molecule has 0 bridgehead atoms. The number of hydrogen-bond donors (Lipinski definition) is 2. The minimum atomic E-state index is -3.96. The van der Waals surface area contributed by atoms with Crippen molar-refractivity contribution in [1.29, 1.82) is 0 Å². The minimum absolute atomic E-state index is 0.0726. The molecule has 0 aliphatic heterocycles. The smallest absolute Gasteiger partial charge is 0.270 e. The Morgan fingerprint density at radius 2 is 1.93 bits per heavy atom. The summed E-state index contributed by atoms with van der Waals surface area (Å²) < 4.78 is 32.0. The van der Waals surface area contributed by atoms with Crippen molar-refractivity contribution in [2.75, 3.05) is 25.6 Å². The molecule has 0 atom stereocenters. The number of non-ortho nitro benzene ring substituents is 1. The van der Waals surface area contributed by atoms with Crippen LogP contribution in [0.2, 0.25) is 0 Å². The summed E-state index contributed by atoms with van der Waals surface area (Å²) in [5, 5.41) is 24.9. The largest absolute Gasteiger partial charge is 0.504 e. The fourth-order valence-corrected chi connectivity index (χ4v) is 4.22. The predicted octanol–water partition coefficient (Wildman–Crippen LogP) is 2.79. The van der Waals surface area contributed by atoms with Gasteiger partial charge in [-0.1, -0.05) is 13.8 Å². The summed E-state index contributed by atoms with van der Waals surface area (Å²) in [6, 6.07) is 8.11. The number of hydrogen-bond acceptors (Lipinski definition) is 8. The Kier molecular flexibility index (Phi) is 7.13. The zero-order valence-electron chi connectivity index (χ0n) is 16.2. The standard InChI is InChI=1S/C18H22N4O6S/c1-4-21(5-2)29(26,27)18-11-14(22(24)25)7-8-15(18)20-19-12-13-6-9-17(28-3)16(23)10-13/h6-12,20,23H,4-5H2,1-3H3. The van der Waals surface area contributed by atoms with E-state index >= 15 is 0 Å². The molecule has 0 unspecified atom stereocenters. The third-order valence-electron chi connectivity index (χ3n) is 4.10. The molecule has 10 nitrogen and oxygen atoms in total. The van der Waals surface area contributed by atoms with Crippen molar-refractivity contribution in [2.24, 2.45) is 5.10 Å². The number of phenols is 1. The Hall–Kier alpha value is -3.18. The van der Waals surface area contributed by atoms with E-state index < -0.39 is 14.9 Å². The molecular weight excluding hydrogens is 400 g/mol. The van der Waals surface area contributed by atoms with E-state index in [-0.39, 0.29) is 35.1 Å². The van der Waals surface area contributed by atoms with Crippen LogP contribution in [0.5, 0.6) is 11.5 Å². The summed E-state index contributed by atoms with van der Waals surface area (Å²) in [6.07, 6.45) is 1.37. The zero-order valence-corrected chi connectivity index (χ0v) is 17.0. The molecule has 11 heteroatoms. The van der Waals surface area contributed by atoms with Crippen LogP contribution in [0, 0.1) is 10.1 Å². The van der Waals surface area contributed by atoms with Gasteiger partial charge in [0.2, 0.25) is 10.0 Å². The molecule has 0 radical (unpaired) electrons. The zero-order chi connectivity index (χ0) is 21.6. The Morgan fingerprint density at radius 3 is 2.48 bits per heavy atom. The number of ether oxygens (including phenoxy) is 1. The summed E-state index contributed by atoms with van der Waals surface area (Å²) >= 11 is 0. The van der Waals surface area contributed by atoms with E-state index in [1.807, 2.05) is 0 Å². The van der Waals surface area contributed by atoms with Crippen LogP contribution in [-0.4, -0.2) is 49.2 Å². The summed E-state index contributed by atoms with van der Waals surface area (Å²) in [5.74, 6) is 0.231. The Balaban J connectivity index is 2.39. The minimum Gasteiger partial charge on any atom is -0.504 e. The first kappa shape index (κ1) is 22.1. The van der Waals surface area contributed by atoms with E-state index in [2.05, 4.69) is 10.5 Å². The number of benzene rings is 2. The maximum absolute atomic E-state index is 12.9. The Bertz CT molecular complexity index is 1020. The second-order valence-electron chi connectivity index (χ2n) is 5.83. The molecular formula is C18H22N4O6S. The van der Waals surface area contributed by atoms with Gasteiger partial charge in [-0.15, -0.1) is 0 Å². The number of methoxy groups -OCH3 is 1. The number of anilines is 1. The lowest BCUT2D eigenvalue weighted by Crippen LogP contribution is -2.31. The summed E-state index contributed by atoms with van der Waals surface area (Å²) in [7, 11) is -2.54. The van der Waals surface area contributed by atoms with Gasteiger partial charge < -0.3 is 9.84 Å². The molecule has 0 spiro atoms. The number of nitrogens with zero attached hydrogens (tertiary/aromatic N) is 3. The number of hydrazone groups is 1. The first-order valence-electron chi connectivity index (χ1n) is 8.69. The number of rotatable bonds is 9. The number of nitro groups is 1. The van der Waals surface area contributed by atoms with E-state index in [1.165, 1.54) is 35.8 Å². The molecule has 0 aliphatic rings. The second kappa shape index (κ2) is 9.34. The lowest BCUT2D eigenvalue weighted by molar-refractivity contribution is -0.385. The molecule has 2 N–H and O–H groups in total. The highest BCUT2D eigenvalue weighted by molar-refractivity contribution is 7.89. The average molecular weight is 422 g/mol. The summed E-state index contributed by atoms with van der Waals surface area (Å²) in [5.41, 5.74) is 2.90. The topological polar surface area (TPSA) is 134 Å². The molecule has 2 aromatic rings. The molecule has 29 heavy (non-hydrogen) atoms. The third-order valence-corrected chi connectivity index (χ3v) is 6.19. The molecule has 156 valence electrons. The predicted molar refractivity (Wildman–Crippen MR) is 109 cm³/mol. The van der Waals surface area contributed by atoms with Crippen LogP contribution in [0.3, 0.4) is 0 Å². The highest BCUT2D eigenvalue weighted by atomic mass is 32.2. The number of aromatic hydroxyl groups is 1. The van der Waals surface area contributed by atoms with E-state index in [4.69, 9.17) is 4.74 Å². The lowest BCUT2D eigenvalue weighted by atomic mass is 10.2. The number of nitrogens with one attached hydrogen (secondary N) is 1. The van der Waals surface area contributed by atoms with Crippen LogP contribution in [-0.2, 0) is 10.0 Å². The van der Waals surface area contributed by atoms with Gasteiger partial charge in [-0.05, 0) is 29.8 Å². The highest BCUT2D eigenvalue weighted by Crippen LogP contribution is 2.29. The Morgan fingerprint density at radius 1 is 1.24 bits per heavy atom. The van der Waals surface area contributed by atoms with E-state index in [9.17, 15) is 23.6 Å². The molecule has 0 fully saturated rings. The van der Waals surface area contributed by atoms with Crippen LogP contribution < -0.4 is 10.2 Å². The van der Waals surface area contributed by atoms with Crippen molar-refractivity contribution in [2.45, 2.75) is 18.7 Å². The van der Waals surface area contributed by atoms with Crippen LogP contribution in [0.4, 0.5) is 11.4 Å². The number of nitro benzene ring substituents is 1. The van der Waals surface area contributed by atoms with Gasteiger partial charge in [0, 0.05) is 25.2 Å². The number of phenolic OH excluding ortho intramolecular Hbond substituents is 1. The quantitative estimate of drug-likeness (QED) is 0.360. The van der Waals surface area contributed by atoms with Gasteiger partial charge in [-0.3, -0.25) is 15.5 Å². The van der Waals surface area contributed by atoms with Crippen molar-refractivity contribution in [3.05, 3.63) is 52.1 Å². The van der Waals surface area contributed by atoms with Crippen molar-refractivity contribution in [1.82, 2.24) is 4.31 Å². The first-order valence-corrected chi connectivity index (χ1v) is 10.1. The number of sulfonamides is 1. The van der Waals surface area contributed by atoms with Crippen molar-refractivity contribution in [3.63, 3.8) is 0 Å². The molecule has 2 rings (SSSR count). The van der Waals surface area contributed by atoms with E-state index in [0.29, 0.717) is 11.3 Å². The van der Waals surface area contributed by atoms with E-state index in [1.54, 1.807) is 26.0 Å². The normalized spacial score (nSPS) is 11.7. The fourth-order valence-electron chi connectivity index (χ4n) is 2.60. The van der Waals surface area contributed by atoms with Gasteiger partial charge in [-0.25, -0.2) is 8.42 Å². The molecule has 0 saturated heterocycles. The van der Waals surface area contributed by atoms with Crippen LogP contribution in [0.1, 0.15) is 19.4 Å². The van der Waals surface area contributed by atoms with Crippen molar-refractivity contribution >= 4 is 27.6 Å². The SMILES string of the molecule is CCN(CC)S(=O)(=O)c1cc([N+](=O)[O-])ccc1NN=Cc1ccc(OC)c(O)c1. The first-order chi connectivity index (χ1) is 13.7. The van der Waals surface area contributed by atoms with E-state index in [0.717, 1.165) is 6.07 Å². The van der Waals surface area contributed by atoms with Crippen LogP contribution in [0.15, 0.2) is 46.4 Å².